The van der Waals surface area contributed by atoms with Gasteiger partial charge in [0.05, 0.1) is 5.70 Å². The van der Waals surface area contributed by atoms with Crippen molar-refractivity contribution in [1.82, 2.24) is 0 Å². The first kappa shape index (κ1) is 15.9. The topological polar surface area (TPSA) is 12.4 Å². The molecule has 3 rings (SSSR count). The van der Waals surface area contributed by atoms with Crippen molar-refractivity contribution in [2.24, 2.45) is 4.99 Å². The lowest BCUT2D eigenvalue weighted by atomic mass is 10.1. The Labute approximate surface area is 144 Å². The van der Waals surface area contributed by atoms with Gasteiger partial charge in [-0.3, -0.25) is 4.99 Å². The Morgan fingerprint density at radius 2 is 1.29 bits per heavy atom. The smallest absolute Gasteiger partial charge is 0.0707 e. The molecule has 0 aliphatic carbocycles. The summed E-state index contributed by atoms with van der Waals surface area (Å²) in [5.74, 6) is 0. The van der Waals surface area contributed by atoms with E-state index in [1.807, 2.05) is 18.2 Å². The third-order valence-corrected chi connectivity index (χ3v) is 3.79. The summed E-state index contributed by atoms with van der Waals surface area (Å²) in [5.41, 5.74) is 5.68. The Bertz CT molecular complexity index is 816. The van der Waals surface area contributed by atoms with Gasteiger partial charge in [0.15, 0.2) is 0 Å². The maximum absolute atomic E-state index is 4.92. The monoisotopic (exact) mass is 311 g/mol. The van der Waals surface area contributed by atoms with E-state index in [4.69, 9.17) is 4.99 Å². The van der Waals surface area contributed by atoms with Gasteiger partial charge in [-0.15, -0.1) is 0 Å². The lowest BCUT2D eigenvalue weighted by Gasteiger charge is -2.06. The van der Waals surface area contributed by atoms with Gasteiger partial charge >= 0.3 is 0 Å². The fourth-order valence-electron chi connectivity index (χ4n) is 2.63. The number of hydrogen-bond donors (Lipinski definition) is 0. The molecule has 0 radical (unpaired) electrons. The van der Waals surface area contributed by atoms with Gasteiger partial charge in [-0.05, 0) is 24.1 Å². The van der Waals surface area contributed by atoms with Gasteiger partial charge in [-0.2, -0.15) is 0 Å². The maximum atomic E-state index is 4.92. The summed E-state index contributed by atoms with van der Waals surface area (Å²) in [4.78, 5) is 4.92. The highest BCUT2D eigenvalue weighted by Crippen LogP contribution is 2.20. The van der Waals surface area contributed by atoms with Gasteiger partial charge in [0.1, 0.15) is 0 Å². The predicted octanol–water partition coefficient (Wildman–Crippen LogP) is 5.89. The van der Waals surface area contributed by atoms with Crippen LogP contribution in [-0.4, -0.2) is 5.71 Å². The van der Waals surface area contributed by atoms with Crippen LogP contribution in [0.5, 0.6) is 0 Å². The molecule has 1 heteroatoms. The number of aliphatic imine (C=N–C) groups is 1. The van der Waals surface area contributed by atoms with Crippen molar-refractivity contribution in [2.45, 2.75) is 13.3 Å². The Morgan fingerprint density at radius 1 is 0.750 bits per heavy atom. The van der Waals surface area contributed by atoms with E-state index in [9.17, 15) is 0 Å². The molecule has 0 aliphatic rings. The largest absolute Gasteiger partial charge is 0.257 e. The molecule has 0 aromatic heterocycles. The normalized spacial score (nSPS) is 12.2. The average molecular weight is 311 g/mol. The molecule has 0 unspecified atom stereocenters. The molecule has 0 fully saturated rings. The molecule has 0 saturated carbocycles. The second-order valence-electron chi connectivity index (χ2n) is 5.82. The third-order valence-electron chi connectivity index (χ3n) is 3.79. The van der Waals surface area contributed by atoms with E-state index in [1.54, 1.807) is 0 Å². The van der Waals surface area contributed by atoms with Crippen LogP contribution in [-0.2, 0) is 6.42 Å². The van der Waals surface area contributed by atoms with Crippen molar-refractivity contribution in [3.63, 3.8) is 0 Å². The molecule has 0 heterocycles. The van der Waals surface area contributed by atoms with Gasteiger partial charge in [-0.1, -0.05) is 91.0 Å². The van der Waals surface area contributed by atoms with Crippen LogP contribution in [0.1, 0.15) is 23.6 Å². The van der Waals surface area contributed by atoms with Crippen molar-refractivity contribution in [1.29, 1.82) is 0 Å². The van der Waals surface area contributed by atoms with E-state index < -0.39 is 0 Å². The maximum Gasteiger partial charge on any atom is 0.0707 e. The van der Waals surface area contributed by atoms with E-state index >= 15 is 0 Å². The van der Waals surface area contributed by atoms with Crippen LogP contribution >= 0.6 is 0 Å². The molecule has 0 amide bonds. The van der Waals surface area contributed by atoms with Crippen molar-refractivity contribution in [3.05, 3.63) is 108 Å². The number of rotatable bonds is 5. The Morgan fingerprint density at radius 3 is 1.92 bits per heavy atom. The van der Waals surface area contributed by atoms with Crippen LogP contribution in [0.25, 0.3) is 11.8 Å². The average Bonchev–Trinajstić information content (AvgIpc) is 2.63. The molecular formula is C23H21N. The molecule has 0 saturated heterocycles. The van der Waals surface area contributed by atoms with E-state index in [1.165, 1.54) is 5.56 Å². The minimum Gasteiger partial charge on any atom is -0.257 e. The number of benzene rings is 3. The number of hydrogen-bond acceptors (Lipinski definition) is 1. The molecule has 0 spiro atoms. The standard InChI is InChI=1S/C23H21N/c1-19(17-20-11-5-2-6-12-20)24-23(22-15-9-4-10-16-22)18-21-13-7-3-8-14-21/h2-16,18H,17H2,1H3. The van der Waals surface area contributed by atoms with Crippen molar-refractivity contribution >= 4 is 17.5 Å². The van der Waals surface area contributed by atoms with Crippen molar-refractivity contribution in [3.8, 4) is 0 Å². The minimum atomic E-state index is 0.861. The zero-order valence-electron chi connectivity index (χ0n) is 13.9. The fraction of sp³-hybridized carbons (Fsp3) is 0.0870. The summed E-state index contributed by atoms with van der Waals surface area (Å²) in [6, 6.07) is 31.1. The summed E-state index contributed by atoms with van der Waals surface area (Å²) in [7, 11) is 0. The first-order valence-electron chi connectivity index (χ1n) is 8.21. The molecule has 24 heavy (non-hydrogen) atoms. The summed E-state index contributed by atoms with van der Waals surface area (Å²) in [5, 5.41) is 0. The Balaban J connectivity index is 1.93. The number of nitrogens with zero attached hydrogens (tertiary/aromatic N) is 1. The van der Waals surface area contributed by atoms with Crippen molar-refractivity contribution < 1.29 is 0 Å². The van der Waals surface area contributed by atoms with Gasteiger partial charge in [0.25, 0.3) is 0 Å². The lowest BCUT2D eigenvalue weighted by Crippen LogP contribution is -1.98. The van der Waals surface area contributed by atoms with Gasteiger partial charge in [0.2, 0.25) is 0 Å². The van der Waals surface area contributed by atoms with Gasteiger partial charge in [0, 0.05) is 17.7 Å². The van der Waals surface area contributed by atoms with Crippen molar-refractivity contribution in [2.75, 3.05) is 0 Å². The second kappa shape index (κ2) is 8.07. The molecule has 0 N–H and O–H groups in total. The molecule has 0 atom stereocenters. The molecule has 0 aliphatic heterocycles. The molecular weight excluding hydrogens is 290 g/mol. The molecule has 3 aromatic rings. The molecule has 118 valence electrons. The summed E-state index contributed by atoms with van der Waals surface area (Å²) in [6.07, 6.45) is 3.00. The van der Waals surface area contributed by atoms with E-state index in [0.29, 0.717) is 0 Å². The third kappa shape index (κ3) is 4.53. The van der Waals surface area contributed by atoms with Gasteiger partial charge in [-0.25, -0.2) is 0 Å². The zero-order chi connectivity index (χ0) is 16.6. The highest BCUT2D eigenvalue weighted by Gasteiger charge is 2.02. The van der Waals surface area contributed by atoms with Crippen LogP contribution < -0.4 is 0 Å². The van der Waals surface area contributed by atoms with Crippen LogP contribution in [0.3, 0.4) is 0 Å². The Hall–Kier alpha value is -2.93. The first-order valence-corrected chi connectivity index (χ1v) is 8.21. The van der Waals surface area contributed by atoms with Crippen LogP contribution in [0, 0.1) is 0 Å². The van der Waals surface area contributed by atoms with Crippen LogP contribution in [0.15, 0.2) is 96.0 Å². The Kier molecular flexibility index (Phi) is 5.36. The lowest BCUT2D eigenvalue weighted by molar-refractivity contribution is 1.29. The second-order valence-corrected chi connectivity index (χ2v) is 5.82. The SMILES string of the molecule is CC(Cc1ccccc1)=NC(=Cc1ccccc1)c1ccccc1. The quantitative estimate of drug-likeness (QED) is 0.411. The summed E-state index contributed by atoms with van der Waals surface area (Å²) >= 11 is 0. The van der Waals surface area contributed by atoms with Crippen LogP contribution in [0.4, 0.5) is 0 Å². The molecule has 1 nitrogen and oxygen atoms in total. The fourth-order valence-corrected chi connectivity index (χ4v) is 2.63. The van der Waals surface area contributed by atoms with E-state index in [0.717, 1.165) is 29.0 Å². The molecule has 0 bridgehead atoms. The highest BCUT2D eigenvalue weighted by atomic mass is 14.8. The first-order chi connectivity index (χ1) is 11.8. The van der Waals surface area contributed by atoms with E-state index in [2.05, 4.69) is 85.8 Å². The zero-order valence-corrected chi connectivity index (χ0v) is 13.9. The summed E-state index contributed by atoms with van der Waals surface area (Å²) < 4.78 is 0. The van der Waals surface area contributed by atoms with Crippen LogP contribution in [0.2, 0.25) is 0 Å². The highest BCUT2D eigenvalue weighted by molar-refractivity contribution is 5.93. The van der Waals surface area contributed by atoms with E-state index in [-0.39, 0.29) is 0 Å². The van der Waals surface area contributed by atoms with Gasteiger partial charge < -0.3 is 0 Å². The predicted molar refractivity (Wildman–Crippen MR) is 104 cm³/mol. The summed E-state index contributed by atoms with van der Waals surface area (Å²) in [6.45, 7) is 2.09. The molecule has 3 aromatic carbocycles. The minimum absolute atomic E-state index is 0.861.